The van der Waals surface area contributed by atoms with E-state index in [1.807, 2.05) is 0 Å². The summed E-state index contributed by atoms with van der Waals surface area (Å²) in [5.74, 6) is -0.766. The molecule has 62 valence electrons. The molecule has 0 rings (SSSR count). The van der Waals surface area contributed by atoms with Crippen molar-refractivity contribution in [2.45, 2.75) is 0 Å². The molecule has 0 saturated carbocycles. The van der Waals surface area contributed by atoms with Crippen LogP contribution in [0, 0.1) is 5.89 Å². The maximum atomic E-state index is 7.75. The molecule has 0 bridgehead atoms. The lowest BCUT2D eigenvalue weighted by Crippen LogP contribution is -2.19. The van der Waals surface area contributed by atoms with Gasteiger partial charge < -0.3 is 14.2 Å². The quantitative estimate of drug-likeness (QED) is 0.553. The van der Waals surface area contributed by atoms with Gasteiger partial charge >= 0.3 is 0 Å². The van der Waals surface area contributed by atoms with E-state index in [-0.39, 0.29) is 0 Å². The molecule has 0 amide bonds. The molecule has 0 aliphatic carbocycles. The summed E-state index contributed by atoms with van der Waals surface area (Å²) in [6.07, 6.45) is 0. The Morgan fingerprint density at radius 1 is 1.00 bits per heavy atom. The minimum absolute atomic E-state index is 0.328. The van der Waals surface area contributed by atoms with Gasteiger partial charge in [0.25, 0.3) is 0 Å². The average Bonchev–Trinajstić information content (AvgIpc) is 1.88. The summed E-state index contributed by atoms with van der Waals surface area (Å²) in [4.78, 5) is 0. The summed E-state index contributed by atoms with van der Waals surface area (Å²) < 4.78 is 22.3. The standard InChI is InChI=1S/C7H16O3/c1-8-4-7(5-9-2)6-10-3/h7H,4-6H2,1-3H3/i7T. The lowest BCUT2D eigenvalue weighted by atomic mass is 10.2. The maximum Gasteiger partial charge on any atom is 0.0534 e. The monoisotopic (exact) mass is 150 g/mol. The van der Waals surface area contributed by atoms with Crippen molar-refractivity contribution in [1.82, 2.24) is 0 Å². The summed E-state index contributed by atoms with van der Waals surface area (Å²) in [5, 5.41) is 0. The smallest absolute Gasteiger partial charge is 0.0534 e. The molecule has 0 aromatic carbocycles. The second kappa shape index (κ2) is 6.99. The minimum Gasteiger partial charge on any atom is -0.384 e. The van der Waals surface area contributed by atoms with Gasteiger partial charge in [-0.3, -0.25) is 0 Å². The molecule has 0 N–H and O–H groups in total. The van der Waals surface area contributed by atoms with E-state index < -0.39 is 5.89 Å². The van der Waals surface area contributed by atoms with Crippen molar-refractivity contribution in [2.24, 2.45) is 5.89 Å². The van der Waals surface area contributed by atoms with Gasteiger partial charge in [0.05, 0.1) is 19.8 Å². The summed E-state index contributed by atoms with van der Waals surface area (Å²) in [7, 11) is 4.69. The van der Waals surface area contributed by atoms with Gasteiger partial charge in [-0.25, -0.2) is 0 Å². The molecule has 0 aromatic heterocycles. The van der Waals surface area contributed by atoms with Crippen LogP contribution in [0.4, 0.5) is 0 Å². The fourth-order valence-corrected chi connectivity index (χ4v) is 0.737. The topological polar surface area (TPSA) is 27.7 Å². The van der Waals surface area contributed by atoms with Gasteiger partial charge in [-0.05, 0) is 0 Å². The molecule has 0 radical (unpaired) electrons. The molecule has 0 unspecified atom stereocenters. The molecule has 3 heteroatoms. The first-order valence-electron chi connectivity index (χ1n) is 3.65. The first kappa shape index (κ1) is 7.98. The van der Waals surface area contributed by atoms with Crippen molar-refractivity contribution < 1.29 is 15.6 Å². The third-order valence-corrected chi connectivity index (χ3v) is 1.05. The van der Waals surface area contributed by atoms with Gasteiger partial charge in [-0.1, -0.05) is 0 Å². The molecule has 0 spiro atoms. The van der Waals surface area contributed by atoms with E-state index in [9.17, 15) is 0 Å². The lowest BCUT2D eigenvalue weighted by Gasteiger charge is -2.12. The van der Waals surface area contributed by atoms with E-state index in [4.69, 9.17) is 15.6 Å². The number of rotatable bonds is 6. The van der Waals surface area contributed by atoms with Crippen LogP contribution >= 0.6 is 0 Å². The largest absolute Gasteiger partial charge is 0.384 e. The lowest BCUT2D eigenvalue weighted by molar-refractivity contribution is 0.0361. The highest BCUT2D eigenvalue weighted by atomic mass is 16.5. The maximum absolute atomic E-state index is 7.75. The van der Waals surface area contributed by atoms with Crippen LogP contribution in [0.15, 0.2) is 0 Å². The van der Waals surface area contributed by atoms with E-state index in [2.05, 4.69) is 0 Å². The Bertz CT molecular complexity index is 80.7. The first-order valence-corrected chi connectivity index (χ1v) is 3.15. The Morgan fingerprint density at radius 3 is 1.50 bits per heavy atom. The van der Waals surface area contributed by atoms with Crippen LogP contribution in [0.2, 0.25) is 0 Å². The summed E-state index contributed by atoms with van der Waals surface area (Å²) in [6, 6.07) is 0. The zero-order valence-electron chi connectivity index (χ0n) is 7.85. The third kappa shape index (κ3) is 4.73. The first-order chi connectivity index (χ1) is 5.18. The van der Waals surface area contributed by atoms with Crippen molar-refractivity contribution in [2.75, 3.05) is 41.2 Å². The summed E-state index contributed by atoms with van der Waals surface area (Å²) in [5.41, 5.74) is 0. The summed E-state index contributed by atoms with van der Waals surface area (Å²) in [6.45, 7) is 0.984. The highest BCUT2D eigenvalue weighted by molar-refractivity contribution is 4.53. The van der Waals surface area contributed by atoms with E-state index in [0.717, 1.165) is 0 Å². The molecule has 0 heterocycles. The number of ether oxygens (including phenoxy) is 3. The fourth-order valence-electron chi connectivity index (χ4n) is 0.737. The van der Waals surface area contributed by atoms with Crippen LogP contribution in [0.3, 0.4) is 0 Å². The van der Waals surface area contributed by atoms with Gasteiger partial charge in [0.15, 0.2) is 0 Å². The molecular weight excluding hydrogens is 132 g/mol. The van der Waals surface area contributed by atoms with Gasteiger partial charge in [0.1, 0.15) is 0 Å². The van der Waals surface area contributed by atoms with E-state index in [1.54, 1.807) is 21.3 Å². The van der Waals surface area contributed by atoms with E-state index >= 15 is 0 Å². The second-order valence-corrected chi connectivity index (χ2v) is 2.05. The highest BCUT2D eigenvalue weighted by Gasteiger charge is 2.06. The summed E-state index contributed by atoms with van der Waals surface area (Å²) >= 11 is 0. The molecule has 0 atom stereocenters. The molecule has 0 aromatic rings. The molecule has 0 aliphatic heterocycles. The molecule has 0 aliphatic rings. The number of methoxy groups -OCH3 is 3. The fraction of sp³-hybridized carbons (Fsp3) is 1.00. The molecular formula is C7H16O3. The van der Waals surface area contributed by atoms with Gasteiger partial charge in [-0.2, -0.15) is 0 Å². The third-order valence-electron chi connectivity index (χ3n) is 1.05. The second-order valence-electron chi connectivity index (χ2n) is 2.05. The van der Waals surface area contributed by atoms with Crippen LogP contribution < -0.4 is 0 Å². The SMILES string of the molecule is [3H]C(COC)(COC)COC. The zero-order chi connectivity index (χ0) is 8.74. The average molecular weight is 150 g/mol. The Labute approximate surface area is 63.7 Å². The van der Waals surface area contributed by atoms with E-state index in [1.165, 1.54) is 0 Å². The van der Waals surface area contributed by atoms with Crippen molar-refractivity contribution in [1.29, 1.82) is 0 Å². The Balaban J connectivity index is 3.79. The molecule has 3 nitrogen and oxygen atoms in total. The van der Waals surface area contributed by atoms with Crippen molar-refractivity contribution in [3.8, 4) is 0 Å². The normalized spacial score (nSPS) is 13.3. The van der Waals surface area contributed by atoms with Gasteiger partial charge in [0.2, 0.25) is 0 Å². The van der Waals surface area contributed by atoms with Crippen LogP contribution in [0.1, 0.15) is 1.37 Å². The van der Waals surface area contributed by atoms with Crippen LogP contribution in [0.25, 0.3) is 0 Å². The molecule has 0 saturated heterocycles. The van der Waals surface area contributed by atoms with Gasteiger partial charge in [-0.15, -0.1) is 0 Å². The predicted octanol–water partition coefficient (Wildman–Crippen LogP) is 0.542. The minimum atomic E-state index is -0.766. The Kier molecular flexibility index (Phi) is 5.58. The van der Waals surface area contributed by atoms with Crippen LogP contribution in [-0.2, 0) is 14.2 Å². The van der Waals surface area contributed by atoms with E-state index in [0.29, 0.717) is 19.8 Å². The Hall–Kier alpha value is -0.120. The molecule has 10 heavy (non-hydrogen) atoms. The Morgan fingerprint density at radius 2 is 1.30 bits per heavy atom. The highest BCUT2D eigenvalue weighted by Crippen LogP contribution is 1.97. The van der Waals surface area contributed by atoms with Crippen LogP contribution in [-0.4, -0.2) is 41.2 Å². The predicted molar refractivity (Wildman–Crippen MR) is 39.1 cm³/mol. The molecule has 0 fully saturated rings. The number of hydrogen-bond donors (Lipinski definition) is 0. The zero-order valence-corrected chi connectivity index (χ0v) is 6.85. The van der Waals surface area contributed by atoms with Crippen molar-refractivity contribution in [3.63, 3.8) is 0 Å². The van der Waals surface area contributed by atoms with Crippen LogP contribution in [0.5, 0.6) is 0 Å². The van der Waals surface area contributed by atoms with Crippen molar-refractivity contribution >= 4 is 0 Å². The van der Waals surface area contributed by atoms with Gasteiger partial charge in [0, 0.05) is 28.6 Å². The van der Waals surface area contributed by atoms with Crippen molar-refractivity contribution in [3.05, 3.63) is 0 Å². The number of hydrogen-bond acceptors (Lipinski definition) is 3.